The summed E-state index contributed by atoms with van der Waals surface area (Å²) in [6.45, 7) is 7.91. The maximum atomic E-state index is 10.0. The molecule has 0 spiro atoms. The van der Waals surface area contributed by atoms with Crippen molar-refractivity contribution < 1.29 is 14.9 Å². The Morgan fingerprint density at radius 2 is 2.06 bits per heavy atom. The van der Waals surface area contributed by atoms with Crippen LogP contribution in [0.25, 0.3) is 0 Å². The molecule has 0 aromatic carbocycles. The Morgan fingerprint density at radius 3 is 2.62 bits per heavy atom. The summed E-state index contributed by atoms with van der Waals surface area (Å²) < 4.78 is 5.74. The highest BCUT2D eigenvalue weighted by Crippen LogP contribution is 2.35. The van der Waals surface area contributed by atoms with Crippen LogP contribution >= 0.6 is 0 Å². The Labute approximate surface area is 98.8 Å². The van der Waals surface area contributed by atoms with Crippen LogP contribution in [0.3, 0.4) is 0 Å². The normalized spacial score (nSPS) is 36.0. The first-order valence-corrected chi connectivity index (χ1v) is 6.36. The van der Waals surface area contributed by atoms with E-state index in [0.29, 0.717) is 5.92 Å². The fourth-order valence-electron chi connectivity index (χ4n) is 2.70. The van der Waals surface area contributed by atoms with E-state index in [2.05, 4.69) is 13.8 Å². The summed E-state index contributed by atoms with van der Waals surface area (Å²) in [5.41, 5.74) is -0.131. The van der Waals surface area contributed by atoms with Gasteiger partial charge in [-0.2, -0.15) is 0 Å². The standard InChI is InChI=1S/C13H26O3/c1-9(14)6-5-7-11-8-13(3,4)16-10(2)12(11)15/h9-12,14-15H,5-8H2,1-4H3. The number of hydrogen-bond donors (Lipinski definition) is 2. The molecule has 0 amide bonds. The molecule has 0 saturated carbocycles. The van der Waals surface area contributed by atoms with E-state index in [1.165, 1.54) is 0 Å². The van der Waals surface area contributed by atoms with Gasteiger partial charge in [-0.05, 0) is 52.9 Å². The molecular weight excluding hydrogens is 204 g/mol. The third-order valence-corrected chi connectivity index (χ3v) is 3.42. The van der Waals surface area contributed by atoms with E-state index in [1.807, 2.05) is 13.8 Å². The molecule has 1 heterocycles. The van der Waals surface area contributed by atoms with Gasteiger partial charge in [0.05, 0.1) is 23.9 Å². The molecule has 3 nitrogen and oxygen atoms in total. The second-order valence-corrected chi connectivity index (χ2v) is 5.82. The smallest absolute Gasteiger partial charge is 0.0828 e. The van der Waals surface area contributed by atoms with Crippen LogP contribution in [-0.2, 0) is 4.74 Å². The maximum Gasteiger partial charge on any atom is 0.0828 e. The molecule has 0 bridgehead atoms. The van der Waals surface area contributed by atoms with Crippen LogP contribution in [0.1, 0.15) is 53.4 Å². The Balaban J connectivity index is 2.44. The van der Waals surface area contributed by atoms with Crippen LogP contribution in [0, 0.1) is 5.92 Å². The van der Waals surface area contributed by atoms with Crippen LogP contribution in [-0.4, -0.2) is 34.1 Å². The Hall–Kier alpha value is -0.120. The third-order valence-electron chi connectivity index (χ3n) is 3.42. The number of aliphatic hydroxyl groups is 2. The van der Waals surface area contributed by atoms with Gasteiger partial charge >= 0.3 is 0 Å². The van der Waals surface area contributed by atoms with Crippen molar-refractivity contribution in [3.63, 3.8) is 0 Å². The van der Waals surface area contributed by atoms with E-state index in [4.69, 9.17) is 4.74 Å². The van der Waals surface area contributed by atoms with E-state index < -0.39 is 0 Å². The summed E-state index contributed by atoms with van der Waals surface area (Å²) >= 11 is 0. The Kier molecular flexibility index (Phi) is 4.77. The van der Waals surface area contributed by atoms with Gasteiger partial charge < -0.3 is 14.9 Å². The lowest BCUT2D eigenvalue weighted by molar-refractivity contribution is -0.177. The topological polar surface area (TPSA) is 49.7 Å². The number of ether oxygens (including phenoxy) is 1. The first-order valence-electron chi connectivity index (χ1n) is 6.36. The Morgan fingerprint density at radius 1 is 1.44 bits per heavy atom. The molecule has 0 aromatic heterocycles. The third kappa shape index (κ3) is 4.04. The molecule has 0 radical (unpaired) electrons. The van der Waals surface area contributed by atoms with E-state index >= 15 is 0 Å². The van der Waals surface area contributed by atoms with Gasteiger partial charge in [0.1, 0.15) is 0 Å². The predicted molar refractivity (Wildman–Crippen MR) is 64.3 cm³/mol. The van der Waals surface area contributed by atoms with E-state index in [1.54, 1.807) is 0 Å². The van der Waals surface area contributed by atoms with Crippen molar-refractivity contribution in [1.82, 2.24) is 0 Å². The van der Waals surface area contributed by atoms with Crippen molar-refractivity contribution in [2.75, 3.05) is 0 Å². The summed E-state index contributed by atoms with van der Waals surface area (Å²) in [5, 5.41) is 19.3. The summed E-state index contributed by atoms with van der Waals surface area (Å²) in [5.74, 6) is 0.303. The lowest BCUT2D eigenvalue weighted by Crippen LogP contribution is -2.48. The lowest BCUT2D eigenvalue weighted by Gasteiger charge is -2.43. The van der Waals surface area contributed by atoms with Gasteiger partial charge in [-0.25, -0.2) is 0 Å². The van der Waals surface area contributed by atoms with Crippen molar-refractivity contribution >= 4 is 0 Å². The Bertz CT molecular complexity index is 213. The van der Waals surface area contributed by atoms with Crippen molar-refractivity contribution in [2.24, 2.45) is 5.92 Å². The second-order valence-electron chi connectivity index (χ2n) is 5.82. The highest BCUT2D eigenvalue weighted by atomic mass is 16.5. The maximum absolute atomic E-state index is 10.0. The molecular formula is C13H26O3. The highest BCUT2D eigenvalue weighted by Gasteiger charge is 2.38. The van der Waals surface area contributed by atoms with Gasteiger partial charge in [-0.1, -0.05) is 6.42 Å². The summed E-state index contributed by atoms with van der Waals surface area (Å²) in [7, 11) is 0. The molecule has 1 saturated heterocycles. The van der Waals surface area contributed by atoms with E-state index in [0.717, 1.165) is 25.7 Å². The van der Waals surface area contributed by atoms with E-state index in [9.17, 15) is 10.2 Å². The second kappa shape index (κ2) is 5.48. The largest absolute Gasteiger partial charge is 0.393 e. The molecule has 4 atom stereocenters. The first kappa shape index (κ1) is 13.9. The minimum atomic E-state index is -0.359. The zero-order valence-electron chi connectivity index (χ0n) is 10.9. The molecule has 1 fully saturated rings. The average Bonchev–Trinajstić information content (AvgIpc) is 2.11. The molecule has 1 aliphatic rings. The van der Waals surface area contributed by atoms with Gasteiger partial charge in [0, 0.05) is 0 Å². The molecule has 0 aliphatic carbocycles. The first-order chi connectivity index (χ1) is 7.32. The van der Waals surface area contributed by atoms with Crippen LogP contribution in [0.4, 0.5) is 0 Å². The highest BCUT2D eigenvalue weighted by molar-refractivity contribution is 4.88. The van der Waals surface area contributed by atoms with Gasteiger partial charge in [-0.3, -0.25) is 0 Å². The van der Waals surface area contributed by atoms with Crippen molar-refractivity contribution in [2.45, 2.75) is 77.3 Å². The zero-order valence-corrected chi connectivity index (χ0v) is 10.9. The van der Waals surface area contributed by atoms with Gasteiger partial charge in [0.2, 0.25) is 0 Å². The molecule has 2 N–H and O–H groups in total. The van der Waals surface area contributed by atoms with Crippen LogP contribution in [0.2, 0.25) is 0 Å². The summed E-state index contributed by atoms with van der Waals surface area (Å²) in [6.07, 6.45) is 2.99. The molecule has 1 rings (SSSR count). The van der Waals surface area contributed by atoms with Gasteiger partial charge in [0.25, 0.3) is 0 Å². The summed E-state index contributed by atoms with van der Waals surface area (Å²) in [6, 6.07) is 0. The molecule has 1 aliphatic heterocycles. The fourth-order valence-corrected chi connectivity index (χ4v) is 2.70. The monoisotopic (exact) mass is 230 g/mol. The van der Waals surface area contributed by atoms with Crippen LogP contribution < -0.4 is 0 Å². The van der Waals surface area contributed by atoms with Crippen LogP contribution in [0.15, 0.2) is 0 Å². The number of hydrogen-bond acceptors (Lipinski definition) is 3. The van der Waals surface area contributed by atoms with Crippen LogP contribution in [0.5, 0.6) is 0 Å². The molecule has 16 heavy (non-hydrogen) atoms. The quantitative estimate of drug-likeness (QED) is 0.777. The van der Waals surface area contributed by atoms with Crippen molar-refractivity contribution in [1.29, 1.82) is 0 Å². The van der Waals surface area contributed by atoms with E-state index in [-0.39, 0.29) is 23.9 Å². The van der Waals surface area contributed by atoms with Gasteiger partial charge in [-0.15, -0.1) is 0 Å². The molecule has 4 unspecified atom stereocenters. The predicted octanol–water partition coefficient (Wildman–Crippen LogP) is 2.10. The number of rotatable bonds is 4. The molecule has 96 valence electrons. The van der Waals surface area contributed by atoms with Crippen molar-refractivity contribution in [3.05, 3.63) is 0 Å². The van der Waals surface area contributed by atoms with Crippen molar-refractivity contribution in [3.8, 4) is 0 Å². The fraction of sp³-hybridized carbons (Fsp3) is 1.00. The minimum absolute atomic E-state index is 0.0831. The SMILES string of the molecule is CC(O)CCCC1CC(C)(C)OC(C)C1O. The van der Waals surface area contributed by atoms with Gasteiger partial charge in [0.15, 0.2) is 0 Å². The molecule has 0 aromatic rings. The molecule has 3 heteroatoms. The minimum Gasteiger partial charge on any atom is -0.393 e. The number of aliphatic hydroxyl groups excluding tert-OH is 2. The average molecular weight is 230 g/mol. The zero-order chi connectivity index (χ0) is 12.3. The summed E-state index contributed by atoms with van der Waals surface area (Å²) in [4.78, 5) is 0. The lowest BCUT2D eigenvalue weighted by atomic mass is 9.80.